The van der Waals surface area contributed by atoms with Crippen molar-refractivity contribution in [2.24, 2.45) is 0 Å². The van der Waals surface area contributed by atoms with Gasteiger partial charge in [0.2, 0.25) is 0 Å². The Morgan fingerprint density at radius 2 is 2.33 bits per heavy atom. The summed E-state index contributed by atoms with van der Waals surface area (Å²) in [5, 5.41) is 4.09. The summed E-state index contributed by atoms with van der Waals surface area (Å²) in [5.41, 5.74) is 1.88. The van der Waals surface area contributed by atoms with Gasteiger partial charge in [-0.15, -0.1) is 0 Å². The second kappa shape index (κ2) is 3.68. The summed E-state index contributed by atoms with van der Waals surface area (Å²) in [6.45, 7) is 3.98. The fourth-order valence-electron chi connectivity index (χ4n) is 1.31. The van der Waals surface area contributed by atoms with Crippen LogP contribution in [0.15, 0.2) is 18.3 Å². The Labute approximate surface area is 86.7 Å². The van der Waals surface area contributed by atoms with Crippen LogP contribution in [0.25, 0.3) is 5.65 Å². The molecule has 2 heterocycles. The van der Waals surface area contributed by atoms with E-state index in [-0.39, 0.29) is 0 Å². The number of aromatic nitrogens is 3. The average molecular weight is 205 g/mol. The number of rotatable bonds is 2. The Balaban J connectivity index is 2.41. The van der Waals surface area contributed by atoms with Crippen molar-refractivity contribution in [1.82, 2.24) is 14.6 Å². The zero-order valence-electron chi connectivity index (χ0n) is 8.60. The van der Waals surface area contributed by atoms with Gasteiger partial charge < -0.3 is 4.74 Å². The number of nitrogens with zero attached hydrogens (tertiary/aromatic N) is 3. The molecule has 0 amide bonds. The molecule has 0 spiro atoms. The maximum Gasteiger partial charge on any atom is 0.358 e. The zero-order chi connectivity index (χ0) is 10.8. The molecule has 5 nitrogen and oxygen atoms in total. The van der Waals surface area contributed by atoms with E-state index in [2.05, 4.69) is 10.1 Å². The fraction of sp³-hybridized carbons (Fsp3) is 0.300. The monoisotopic (exact) mass is 205 g/mol. The zero-order valence-corrected chi connectivity index (χ0v) is 8.60. The van der Waals surface area contributed by atoms with E-state index in [1.54, 1.807) is 29.8 Å². The molecule has 15 heavy (non-hydrogen) atoms. The molecule has 0 unspecified atom stereocenters. The van der Waals surface area contributed by atoms with Gasteiger partial charge >= 0.3 is 5.97 Å². The summed E-state index contributed by atoms with van der Waals surface area (Å²) in [5.74, 6) is -0.411. The van der Waals surface area contributed by atoms with Gasteiger partial charge in [0.25, 0.3) is 0 Å². The first-order valence-electron chi connectivity index (χ1n) is 4.71. The van der Waals surface area contributed by atoms with Crippen LogP contribution < -0.4 is 0 Å². The number of esters is 1. The van der Waals surface area contributed by atoms with Crippen LogP contribution in [0.3, 0.4) is 0 Å². The quantitative estimate of drug-likeness (QED) is 0.691. The average Bonchev–Trinajstić information content (AvgIpc) is 2.57. The lowest BCUT2D eigenvalue weighted by molar-refractivity contribution is 0.0517. The van der Waals surface area contributed by atoms with Crippen LogP contribution in [-0.4, -0.2) is 27.2 Å². The topological polar surface area (TPSA) is 56.5 Å². The first kappa shape index (κ1) is 9.64. The van der Waals surface area contributed by atoms with Gasteiger partial charge in [0.1, 0.15) is 0 Å². The Hall–Kier alpha value is -1.91. The summed E-state index contributed by atoms with van der Waals surface area (Å²) in [6, 6.07) is 3.35. The van der Waals surface area contributed by atoms with Crippen molar-refractivity contribution < 1.29 is 9.53 Å². The minimum atomic E-state index is -0.411. The van der Waals surface area contributed by atoms with Gasteiger partial charge in [0.15, 0.2) is 11.3 Å². The smallest absolute Gasteiger partial charge is 0.358 e. The normalized spacial score (nSPS) is 10.5. The Morgan fingerprint density at radius 1 is 1.53 bits per heavy atom. The number of hydrogen-bond donors (Lipinski definition) is 0. The van der Waals surface area contributed by atoms with Gasteiger partial charge in [-0.2, -0.15) is 5.10 Å². The summed E-state index contributed by atoms with van der Waals surface area (Å²) >= 11 is 0. The van der Waals surface area contributed by atoms with Crippen LogP contribution in [-0.2, 0) is 4.74 Å². The highest BCUT2D eigenvalue weighted by Gasteiger charge is 2.09. The Morgan fingerprint density at radius 3 is 3.07 bits per heavy atom. The first-order chi connectivity index (χ1) is 7.20. The molecule has 0 N–H and O–H groups in total. The molecule has 2 aromatic heterocycles. The standard InChI is InChI=1S/C10H11N3O2/c1-3-15-10(14)8-4-5-9-11-7(2)6-13(9)12-8/h4-6H,3H2,1-2H3. The summed E-state index contributed by atoms with van der Waals surface area (Å²) in [6.07, 6.45) is 1.76. The van der Waals surface area contributed by atoms with E-state index < -0.39 is 5.97 Å². The number of carbonyl (C=O) groups excluding carboxylic acids is 1. The van der Waals surface area contributed by atoms with Crippen LogP contribution in [0.2, 0.25) is 0 Å². The minimum absolute atomic E-state index is 0.293. The van der Waals surface area contributed by atoms with E-state index in [9.17, 15) is 4.79 Å². The van der Waals surface area contributed by atoms with Crippen LogP contribution in [0.4, 0.5) is 0 Å². The number of fused-ring (bicyclic) bond motifs is 1. The number of imidazole rings is 1. The molecule has 2 rings (SSSR count). The van der Waals surface area contributed by atoms with Crippen molar-refractivity contribution in [2.75, 3.05) is 6.61 Å². The maximum atomic E-state index is 11.4. The molecule has 0 saturated heterocycles. The summed E-state index contributed by atoms with van der Waals surface area (Å²) in [7, 11) is 0. The van der Waals surface area contributed by atoms with Gasteiger partial charge in [-0.05, 0) is 26.0 Å². The number of aryl methyl sites for hydroxylation is 1. The van der Waals surface area contributed by atoms with E-state index in [0.717, 1.165) is 11.3 Å². The van der Waals surface area contributed by atoms with Crippen molar-refractivity contribution in [2.45, 2.75) is 13.8 Å². The van der Waals surface area contributed by atoms with Crippen molar-refractivity contribution in [1.29, 1.82) is 0 Å². The van der Waals surface area contributed by atoms with Gasteiger partial charge in [0.05, 0.1) is 18.5 Å². The molecule has 0 bridgehead atoms. The molecule has 0 aliphatic carbocycles. The molecular formula is C10H11N3O2. The van der Waals surface area contributed by atoms with Crippen LogP contribution in [0.1, 0.15) is 23.1 Å². The third kappa shape index (κ3) is 1.81. The predicted octanol–water partition coefficient (Wildman–Crippen LogP) is 1.21. The second-order valence-electron chi connectivity index (χ2n) is 3.12. The molecule has 78 valence electrons. The molecule has 0 fully saturated rings. The van der Waals surface area contributed by atoms with Crippen LogP contribution in [0, 0.1) is 6.92 Å². The van der Waals surface area contributed by atoms with Crippen molar-refractivity contribution in [3.8, 4) is 0 Å². The number of carbonyl (C=O) groups is 1. The van der Waals surface area contributed by atoms with E-state index in [1.807, 2.05) is 6.92 Å². The number of ether oxygens (including phenoxy) is 1. The third-order valence-corrected chi connectivity index (χ3v) is 1.93. The molecule has 0 aromatic carbocycles. The lowest BCUT2D eigenvalue weighted by Crippen LogP contribution is -2.09. The van der Waals surface area contributed by atoms with Gasteiger partial charge in [0, 0.05) is 0 Å². The highest BCUT2D eigenvalue weighted by molar-refractivity contribution is 5.87. The molecule has 0 radical (unpaired) electrons. The van der Waals surface area contributed by atoms with E-state index in [4.69, 9.17) is 4.74 Å². The molecule has 0 aliphatic rings. The van der Waals surface area contributed by atoms with Gasteiger partial charge in [-0.25, -0.2) is 14.3 Å². The van der Waals surface area contributed by atoms with Gasteiger partial charge in [-0.1, -0.05) is 0 Å². The highest BCUT2D eigenvalue weighted by atomic mass is 16.5. The molecular weight excluding hydrogens is 194 g/mol. The molecule has 0 atom stereocenters. The second-order valence-corrected chi connectivity index (χ2v) is 3.12. The Kier molecular flexibility index (Phi) is 2.37. The van der Waals surface area contributed by atoms with Crippen molar-refractivity contribution >= 4 is 11.6 Å². The highest BCUT2D eigenvalue weighted by Crippen LogP contribution is 2.04. The maximum absolute atomic E-state index is 11.4. The van der Waals surface area contributed by atoms with Crippen LogP contribution >= 0.6 is 0 Å². The summed E-state index contributed by atoms with van der Waals surface area (Å²) < 4.78 is 6.42. The fourth-order valence-corrected chi connectivity index (χ4v) is 1.31. The largest absolute Gasteiger partial charge is 0.461 e. The lowest BCUT2D eigenvalue weighted by Gasteiger charge is -2.00. The molecule has 2 aromatic rings. The third-order valence-electron chi connectivity index (χ3n) is 1.93. The molecule has 0 aliphatic heterocycles. The van der Waals surface area contributed by atoms with Crippen LogP contribution in [0.5, 0.6) is 0 Å². The first-order valence-corrected chi connectivity index (χ1v) is 4.71. The van der Waals surface area contributed by atoms with Crippen molar-refractivity contribution in [3.05, 3.63) is 29.7 Å². The molecule has 5 heteroatoms. The minimum Gasteiger partial charge on any atom is -0.461 e. The van der Waals surface area contributed by atoms with E-state index >= 15 is 0 Å². The predicted molar refractivity (Wildman–Crippen MR) is 53.7 cm³/mol. The van der Waals surface area contributed by atoms with Crippen molar-refractivity contribution in [3.63, 3.8) is 0 Å². The Bertz CT molecular complexity index is 504. The number of hydrogen-bond acceptors (Lipinski definition) is 4. The van der Waals surface area contributed by atoms with E-state index in [0.29, 0.717) is 12.3 Å². The SMILES string of the molecule is CCOC(=O)c1ccc2nc(C)cn2n1. The summed E-state index contributed by atoms with van der Waals surface area (Å²) in [4.78, 5) is 15.6. The lowest BCUT2D eigenvalue weighted by atomic mass is 10.4. The van der Waals surface area contributed by atoms with Gasteiger partial charge in [-0.3, -0.25) is 0 Å². The molecule has 0 saturated carbocycles. The van der Waals surface area contributed by atoms with E-state index in [1.165, 1.54) is 0 Å².